The molecule has 1 fully saturated rings. The first-order valence-corrected chi connectivity index (χ1v) is 9.35. The lowest BCUT2D eigenvalue weighted by Gasteiger charge is -2.37. The molecule has 122 valence electrons. The van der Waals surface area contributed by atoms with Crippen molar-refractivity contribution in [2.45, 2.75) is 62.7 Å². The highest BCUT2D eigenvalue weighted by Crippen LogP contribution is 2.27. The van der Waals surface area contributed by atoms with Crippen molar-refractivity contribution < 1.29 is 23.1 Å². The van der Waals surface area contributed by atoms with E-state index in [1.54, 1.807) is 11.9 Å². The maximum atomic E-state index is 12.1. The maximum Gasteiger partial charge on any atom is 0.303 e. The minimum absolute atomic E-state index is 0.0619. The summed E-state index contributed by atoms with van der Waals surface area (Å²) in [5, 5.41) is 8.08. The Labute approximate surface area is 126 Å². The third-order valence-corrected chi connectivity index (χ3v) is 5.79. The second-order valence-electron chi connectivity index (χ2n) is 5.83. The van der Waals surface area contributed by atoms with Crippen LogP contribution in [-0.4, -0.2) is 54.9 Å². The van der Waals surface area contributed by atoms with Crippen molar-refractivity contribution in [1.29, 1.82) is 0 Å². The largest absolute Gasteiger partial charge is 0.481 e. The molecule has 0 aromatic heterocycles. The standard InChI is InChI=1S/C14H25NO5S/c1-15(13(16)9-5-6-10-14(17)18)11-7-3-4-8-12(11)21(2,19)20/h11-12H,3-10H2,1-2H3,(H,17,18). The molecule has 0 aliphatic heterocycles. The topological polar surface area (TPSA) is 91.8 Å². The molecule has 2 unspecified atom stereocenters. The van der Waals surface area contributed by atoms with Crippen LogP contribution in [0.3, 0.4) is 0 Å². The van der Waals surface area contributed by atoms with Crippen LogP contribution in [-0.2, 0) is 19.4 Å². The minimum atomic E-state index is -3.16. The monoisotopic (exact) mass is 319 g/mol. The average molecular weight is 319 g/mol. The number of hydrogen-bond acceptors (Lipinski definition) is 4. The lowest BCUT2D eigenvalue weighted by Crippen LogP contribution is -2.49. The van der Waals surface area contributed by atoms with Crippen molar-refractivity contribution in [3.05, 3.63) is 0 Å². The molecule has 1 aliphatic carbocycles. The Morgan fingerprint density at radius 3 is 2.29 bits per heavy atom. The van der Waals surface area contributed by atoms with Crippen molar-refractivity contribution in [2.75, 3.05) is 13.3 Å². The van der Waals surface area contributed by atoms with Gasteiger partial charge in [0.05, 0.1) is 5.25 Å². The normalized spacial score (nSPS) is 22.8. The molecule has 0 aromatic rings. The van der Waals surface area contributed by atoms with Gasteiger partial charge < -0.3 is 10.0 Å². The van der Waals surface area contributed by atoms with Crippen molar-refractivity contribution in [1.82, 2.24) is 4.90 Å². The van der Waals surface area contributed by atoms with Crippen LogP contribution < -0.4 is 0 Å². The lowest BCUT2D eigenvalue weighted by molar-refractivity contribution is -0.137. The molecular formula is C14H25NO5S. The number of carbonyl (C=O) groups excluding carboxylic acids is 1. The Hall–Kier alpha value is -1.11. The zero-order valence-corrected chi connectivity index (χ0v) is 13.6. The number of nitrogens with zero attached hydrogens (tertiary/aromatic N) is 1. The Bertz CT molecular complexity index is 474. The van der Waals surface area contributed by atoms with E-state index in [2.05, 4.69) is 0 Å². The Balaban J connectivity index is 2.56. The molecule has 0 saturated heterocycles. The number of carboxylic acids is 1. The fourth-order valence-electron chi connectivity index (χ4n) is 2.93. The van der Waals surface area contributed by atoms with Crippen LogP contribution >= 0.6 is 0 Å². The number of carbonyl (C=O) groups is 2. The number of aliphatic carboxylic acids is 1. The highest BCUT2D eigenvalue weighted by molar-refractivity contribution is 7.91. The summed E-state index contributed by atoms with van der Waals surface area (Å²) in [5.41, 5.74) is 0. The van der Waals surface area contributed by atoms with E-state index in [-0.39, 0.29) is 24.8 Å². The van der Waals surface area contributed by atoms with Crippen molar-refractivity contribution >= 4 is 21.7 Å². The number of carboxylic acid groups (broad SMARTS) is 1. The first-order valence-electron chi connectivity index (χ1n) is 7.40. The van der Waals surface area contributed by atoms with Crippen LogP contribution in [0.25, 0.3) is 0 Å². The molecular weight excluding hydrogens is 294 g/mol. The van der Waals surface area contributed by atoms with Gasteiger partial charge in [-0.15, -0.1) is 0 Å². The number of unbranched alkanes of at least 4 members (excludes halogenated alkanes) is 1. The number of rotatable bonds is 7. The molecule has 1 amide bonds. The van der Waals surface area contributed by atoms with Gasteiger partial charge in [-0.2, -0.15) is 0 Å². The average Bonchev–Trinajstić information content (AvgIpc) is 2.41. The van der Waals surface area contributed by atoms with Crippen LogP contribution in [0.2, 0.25) is 0 Å². The Morgan fingerprint density at radius 2 is 1.71 bits per heavy atom. The van der Waals surface area contributed by atoms with Crippen molar-refractivity contribution in [2.24, 2.45) is 0 Å². The lowest BCUT2D eigenvalue weighted by atomic mass is 9.93. The van der Waals surface area contributed by atoms with Crippen LogP contribution in [0, 0.1) is 0 Å². The Kier molecular flexibility index (Phi) is 6.64. The molecule has 1 rings (SSSR count). The fourth-order valence-corrected chi connectivity index (χ4v) is 4.42. The van der Waals surface area contributed by atoms with Gasteiger partial charge in [0.2, 0.25) is 5.91 Å². The Morgan fingerprint density at radius 1 is 1.14 bits per heavy atom. The van der Waals surface area contributed by atoms with Gasteiger partial charge in [-0.05, 0) is 25.7 Å². The van der Waals surface area contributed by atoms with Crippen LogP contribution in [0.15, 0.2) is 0 Å². The van der Waals surface area contributed by atoms with Gasteiger partial charge >= 0.3 is 5.97 Å². The molecule has 2 atom stereocenters. The summed E-state index contributed by atoms with van der Waals surface area (Å²) in [7, 11) is -1.50. The molecule has 1 saturated carbocycles. The van der Waals surface area contributed by atoms with Gasteiger partial charge in [-0.25, -0.2) is 8.42 Å². The molecule has 7 heteroatoms. The first-order chi connectivity index (χ1) is 9.73. The van der Waals surface area contributed by atoms with Crippen LogP contribution in [0.1, 0.15) is 51.4 Å². The zero-order chi connectivity index (χ0) is 16.0. The zero-order valence-electron chi connectivity index (χ0n) is 12.7. The smallest absolute Gasteiger partial charge is 0.303 e. The van der Waals surface area contributed by atoms with Gasteiger partial charge in [0, 0.05) is 32.2 Å². The second-order valence-corrected chi connectivity index (χ2v) is 8.09. The summed E-state index contributed by atoms with van der Waals surface area (Å²) in [6.07, 6.45) is 5.71. The molecule has 1 N–H and O–H groups in total. The minimum Gasteiger partial charge on any atom is -0.481 e. The molecule has 0 bridgehead atoms. The second kappa shape index (κ2) is 7.77. The summed E-state index contributed by atoms with van der Waals surface area (Å²) < 4.78 is 23.7. The quantitative estimate of drug-likeness (QED) is 0.717. The summed E-state index contributed by atoms with van der Waals surface area (Å²) in [5.74, 6) is -0.957. The first kappa shape index (κ1) is 17.9. The van der Waals surface area contributed by atoms with Crippen molar-refractivity contribution in [3.8, 4) is 0 Å². The number of sulfone groups is 1. The number of hydrogen-bond donors (Lipinski definition) is 1. The molecule has 21 heavy (non-hydrogen) atoms. The molecule has 0 spiro atoms. The van der Waals surface area contributed by atoms with E-state index in [4.69, 9.17) is 5.11 Å². The van der Waals surface area contributed by atoms with E-state index >= 15 is 0 Å². The van der Waals surface area contributed by atoms with E-state index in [9.17, 15) is 18.0 Å². The van der Waals surface area contributed by atoms with Gasteiger partial charge in [-0.3, -0.25) is 9.59 Å². The molecule has 0 radical (unpaired) electrons. The molecule has 0 aromatic carbocycles. The van der Waals surface area contributed by atoms with E-state index in [1.165, 1.54) is 6.26 Å². The third kappa shape index (κ3) is 5.65. The molecule has 1 aliphatic rings. The van der Waals surface area contributed by atoms with Gasteiger partial charge in [0.1, 0.15) is 0 Å². The van der Waals surface area contributed by atoms with E-state index in [0.29, 0.717) is 19.3 Å². The summed E-state index contributed by atoms with van der Waals surface area (Å²) >= 11 is 0. The SMILES string of the molecule is CN(C(=O)CCCCC(=O)O)C1CCCCC1S(C)(=O)=O. The maximum absolute atomic E-state index is 12.1. The third-order valence-electron chi connectivity index (χ3n) is 4.14. The van der Waals surface area contributed by atoms with Crippen molar-refractivity contribution in [3.63, 3.8) is 0 Å². The van der Waals surface area contributed by atoms with E-state index in [1.807, 2.05) is 0 Å². The van der Waals surface area contributed by atoms with Gasteiger partial charge in [0.15, 0.2) is 9.84 Å². The van der Waals surface area contributed by atoms with Gasteiger partial charge in [-0.1, -0.05) is 12.8 Å². The fraction of sp³-hybridized carbons (Fsp3) is 0.857. The predicted octanol–water partition coefficient (Wildman–Crippen LogP) is 1.45. The highest BCUT2D eigenvalue weighted by atomic mass is 32.2. The highest BCUT2D eigenvalue weighted by Gasteiger charge is 2.36. The van der Waals surface area contributed by atoms with E-state index < -0.39 is 21.1 Å². The summed E-state index contributed by atoms with van der Waals surface area (Å²) in [6, 6.07) is -0.249. The molecule has 0 heterocycles. The predicted molar refractivity (Wildman–Crippen MR) is 79.8 cm³/mol. The summed E-state index contributed by atoms with van der Waals surface area (Å²) in [4.78, 5) is 24.1. The van der Waals surface area contributed by atoms with Gasteiger partial charge in [0.25, 0.3) is 0 Å². The summed E-state index contributed by atoms with van der Waals surface area (Å²) in [6.45, 7) is 0. The van der Waals surface area contributed by atoms with Crippen LogP contribution in [0.5, 0.6) is 0 Å². The number of amides is 1. The van der Waals surface area contributed by atoms with E-state index in [0.717, 1.165) is 19.3 Å². The molecule has 6 nitrogen and oxygen atoms in total. The van der Waals surface area contributed by atoms with Crippen LogP contribution in [0.4, 0.5) is 0 Å².